The van der Waals surface area contributed by atoms with Gasteiger partial charge in [0.15, 0.2) is 0 Å². The maximum atomic E-state index is 13.1. The third-order valence-electron chi connectivity index (χ3n) is 1.84. The van der Waals surface area contributed by atoms with Gasteiger partial charge in [-0.1, -0.05) is 11.6 Å². The van der Waals surface area contributed by atoms with Gasteiger partial charge in [0.1, 0.15) is 5.82 Å². The molecule has 0 aliphatic rings. The number of rotatable bonds is 4. The molecule has 0 radical (unpaired) electrons. The summed E-state index contributed by atoms with van der Waals surface area (Å²) in [5.74, 6) is 0.446. The van der Waals surface area contributed by atoms with Crippen molar-refractivity contribution >= 4 is 23.2 Å². The summed E-state index contributed by atoms with van der Waals surface area (Å²) in [7, 11) is 0. The van der Waals surface area contributed by atoms with Crippen LogP contribution in [0.2, 0.25) is 5.02 Å². The number of hydrogen-bond donors (Lipinski definition) is 0. The Labute approximate surface area is 87.7 Å². The molecule has 0 saturated carbocycles. The fourth-order valence-electron chi connectivity index (χ4n) is 1.14. The first-order chi connectivity index (χ1) is 6.24. The number of alkyl halides is 1. The largest absolute Gasteiger partial charge is 0.207 e. The van der Waals surface area contributed by atoms with Crippen molar-refractivity contribution in [1.82, 2.24) is 0 Å². The van der Waals surface area contributed by atoms with Crippen LogP contribution >= 0.6 is 23.2 Å². The number of hydrogen-bond acceptors (Lipinski definition) is 0. The van der Waals surface area contributed by atoms with E-state index in [9.17, 15) is 4.39 Å². The van der Waals surface area contributed by atoms with Gasteiger partial charge in [0.2, 0.25) is 0 Å². The summed E-state index contributed by atoms with van der Waals surface area (Å²) in [5.41, 5.74) is 0.678. The van der Waals surface area contributed by atoms with E-state index in [1.54, 1.807) is 12.1 Å². The van der Waals surface area contributed by atoms with Gasteiger partial charge >= 0.3 is 0 Å². The lowest BCUT2D eigenvalue weighted by molar-refractivity contribution is 0.603. The second kappa shape index (κ2) is 5.46. The highest BCUT2D eigenvalue weighted by atomic mass is 35.5. The van der Waals surface area contributed by atoms with Crippen molar-refractivity contribution in [1.29, 1.82) is 0 Å². The summed E-state index contributed by atoms with van der Waals surface area (Å²) in [6.07, 6.45) is 2.52. The van der Waals surface area contributed by atoms with Crippen LogP contribution < -0.4 is 0 Å². The Kier molecular flexibility index (Phi) is 4.54. The standard InChI is InChI=1S/C10H11Cl2F/c11-6-2-1-3-8-7-9(12)4-5-10(8)13/h4-5,7H,1-3,6H2. The second-order valence-corrected chi connectivity index (χ2v) is 3.70. The van der Waals surface area contributed by atoms with Crippen LogP contribution in [0.5, 0.6) is 0 Å². The van der Waals surface area contributed by atoms with E-state index < -0.39 is 0 Å². The second-order valence-electron chi connectivity index (χ2n) is 2.88. The van der Waals surface area contributed by atoms with E-state index in [1.165, 1.54) is 6.07 Å². The predicted octanol–water partition coefficient (Wildman–Crippen LogP) is 4.04. The van der Waals surface area contributed by atoms with Gasteiger partial charge in [0.05, 0.1) is 0 Å². The van der Waals surface area contributed by atoms with E-state index in [-0.39, 0.29) is 5.82 Å². The molecular formula is C10H11Cl2F. The van der Waals surface area contributed by atoms with E-state index in [0.29, 0.717) is 22.9 Å². The Morgan fingerprint density at radius 1 is 1.23 bits per heavy atom. The lowest BCUT2D eigenvalue weighted by Crippen LogP contribution is -1.91. The zero-order valence-corrected chi connectivity index (χ0v) is 8.71. The van der Waals surface area contributed by atoms with Crippen LogP contribution in [0.4, 0.5) is 4.39 Å². The van der Waals surface area contributed by atoms with E-state index in [4.69, 9.17) is 23.2 Å². The van der Waals surface area contributed by atoms with Crippen molar-refractivity contribution in [2.75, 3.05) is 5.88 Å². The van der Waals surface area contributed by atoms with Crippen LogP contribution in [0.15, 0.2) is 18.2 Å². The minimum atomic E-state index is -0.182. The molecule has 72 valence electrons. The molecule has 0 spiro atoms. The lowest BCUT2D eigenvalue weighted by Gasteiger charge is -2.02. The summed E-state index contributed by atoms with van der Waals surface area (Å²) >= 11 is 11.3. The van der Waals surface area contributed by atoms with Gasteiger partial charge < -0.3 is 0 Å². The number of unbranched alkanes of at least 4 members (excludes halogenated alkanes) is 1. The quantitative estimate of drug-likeness (QED) is 0.531. The van der Waals surface area contributed by atoms with E-state index in [1.807, 2.05) is 0 Å². The molecule has 0 nitrogen and oxygen atoms in total. The highest BCUT2D eigenvalue weighted by Crippen LogP contribution is 2.16. The van der Waals surface area contributed by atoms with Crippen LogP contribution in [0, 0.1) is 5.82 Å². The number of halogens is 3. The van der Waals surface area contributed by atoms with Gasteiger partial charge in [-0.25, -0.2) is 4.39 Å². The molecule has 0 fully saturated rings. The molecule has 0 aliphatic carbocycles. The van der Waals surface area contributed by atoms with Gasteiger partial charge in [-0.2, -0.15) is 0 Å². The average Bonchev–Trinajstić information content (AvgIpc) is 2.11. The zero-order valence-electron chi connectivity index (χ0n) is 7.19. The highest BCUT2D eigenvalue weighted by Gasteiger charge is 2.01. The van der Waals surface area contributed by atoms with Crippen LogP contribution in [0.1, 0.15) is 18.4 Å². The molecule has 0 saturated heterocycles. The predicted molar refractivity (Wildman–Crippen MR) is 55.1 cm³/mol. The van der Waals surface area contributed by atoms with Gasteiger partial charge in [0, 0.05) is 10.9 Å². The fourth-order valence-corrected chi connectivity index (χ4v) is 1.53. The summed E-state index contributed by atoms with van der Waals surface area (Å²) in [6.45, 7) is 0. The van der Waals surface area contributed by atoms with Crippen LogP contribution in [0.3, 0.4) is 0 Å². The Morgan fingerprint density at radius 3 is 2.69 bits per heavy atom. The zero-order chi connectivity index (χ0) is 9.68. The summed E-state index contributed by atoms with van der Waals surface area (Å²) < 4.78 is 13.1. The van der Waals surface area contributed by atoms with Gasteiger partial charge in [-0.15, -0.1) is 11.6 Å². The van der Waals surface area contributed by atoms with E-state index in [0.717, 1.165) is 12.8 Å². The smallest absolute Gasteiger partial charge is 0.126 e. The highest BCUT2D eigenvalue weighted by molar-refractivity contribution is 6.30. The molecule has 0 atom stereocenters. The third kappa shape index (κ3) is 3.53. The molecule has 0 N–H and O–H groups in total. The number of benzene rings is 1. The van der Waals surface area contributed by atoms with Crippen LogP contribution in [-0.2, 0) is 6.42 Å². The molecule has 0 amide bonds. The third-order valence-corrected chi connectivity index (χ3v) is 2.34. The molecule has 0 unspecified atom stereocenters. The first kappa shape index (κ1) is 10.8. The van der Waals surface area contributed by atoms with Crippen LogP contribution in [0.25, 0.3) is 0 Å². The van der Waals surface area contributed by atoms with Gasteiger partial charge in [0.25, 0.3) is 0 Å². The molecule has 3 heteroatoms. The van der Waals surface area contributed by atoms with Crippen LogP contribution in [-0.4, -0.2) is 5.88 Å². The summed E-state index contributed by atoms with van der Waals surface area (Å²) in [6, 6.07) is 4.63. The van der Waals surface area contributed by atoms with Crippen molar-refractivity contribution < 1.29 is 4.39 Å². The van der Waals surface area contributed by atoms with E-state index in [2.05, 4.69) is 0 Å². The monoisotopic (exact) mass is 220 g/mol. The minimum absolute atomic E-state index is 0.182. The Bertz CT molecular complexity index is 274. The first-order valence-corrected chi connectivity index (χ1v) is 5.15. The molecule has 0 bridgehead atoms. The molecular weight excluding hydrogens is 210 g/mol. The Morgan fingerprint density at radius 2 is 2.00 bits per heavy atom. The van der Waals surface area contributed by atoms with Crippen molar-refractivity contribution in [2.24, 2.45) is 0 Å². The molecule has 13 heavy (non-hydrogen) atoms. The maximum absolute atomic E-state index is 13.1. The Hall–Kier alpha value is -0.270. The topological polar surface area (TPSA) is 0 Å². The minimum Gasteiger partial charge on any atom is -0.207 e. The maximum Gasteiger partial charge on any atom is 0.126 e. The van der Waals surface area contributed by atoms with Crippen molar-refractivity contribution in [3.8, 4) is 0 Å². The first-order valence-electron chi connectivity index (χ1n) is 4.24. The fraction of sp³-hybridized carbons (Fsp3) is 0.400. The number of aryl methyl sites for hydroxylation is 1. The molecule has 0 aliphatic heterocycles. The normalized spacial score (nSPS) is 10.4. The summed E-state index contributed by atoms with van der Waals surface area (Å²) in [4.78, 5) is 0. The van der Waals surface area contributed by atoms with E-state index >= 15 is 0 Å². The summed E-state index contributed by atoms with van der Waals surface area (Å²) in [5, 5.41) is 0.585. The lowest BCUT2D eigenvalue weighted by atomic mass is 10.1. The van der Waals surface area contributed by atoms with Crippen molar-refractivity contribution in [3.63, 3.8) is 0 Å². The molecule has 0 aromatic heterocycles. The molecule has 1 aromatic rings. The molecule has 0 heterocycles. The average molecular weight is 221 g/mol. The molecule has 1 aromatic carbocycles. The molecule has 1 rings (SSSR count). The SMILES string of the molecule is Fc1ccc(Cl)cc1CCCCCl. The van der Waals surface area contributed by atoms with Crippen molar-refractivity contribution in [3.05, 3.63) is 34.6 Å². The van der Waals surface area contributed by atoms with Gasteiger partial charge in [-0.3, -0.25) is 0 Å². The van der Waals surface area contributed by atoms with Crippen molar-refractivity contribution in [2.45, 2.75) is 19.3 Å². The Balaban J connectivity index is 2.59. The van der Waals surface area contributed by atoms with Gasteiger partial charge in [-0.05, 0) is 43.0 Å².